The fourth-order valence-corrected chi connectivity index (χ4v) is 2.42. The van der Waals surface area contributed by atoms with E-state index in [1.807, 2.05) is 37.3 Å². The van der Waals surface area contributed by atoms with Crippen LogP contribution >= 0.6 is 0 Å². The van der Waals surface area contributed by atoms with E-state index in [0.717, 1.165) is 5.56 Å². The highest BCUT2D eigenvalue weighted by Gasteiger charge is 2.51. The van der Waals surface area contributed by atoms with Crippen molar-refractivity contribution in [2.24, 2.45) is 0 Å². The molecule has 0 N–H and O–H groups in total. The summed E-state index contributed by atoms with van der Waals surface area (Å²) in [5.41, 5.74) is 1.02. The summed E-state index contributed by atoms with van der Waals surface area (Å²) < 4.78 is 11.6. The summed E-state index contributed by atoms with van der Waals surface area (Å²) in [6.45, 7) is 1.91. The molecule has 0 aromatic heterocycles. The lowest BCUT2D eigenvalue weighted by molar-refractivity contribution is -0.183. The first kappa shape index (κ1) is 10.00. The van der Waals surface area contributed by atoms with Gasteiger partial charge < -0.3 is 9.47 Å². The molecule has 0 spiro atoms. The summed E-state index contributed by atoms with van der Waals surface area (Å²) in [6, 6.07) is 9.81. The number of ketones is 1. The molecule has 2 aliphatic heterocycles. The van der Waals surface area contributed by atoms with Crippen LogP contribution < -0.4 is 0 Å². The molecule has 2 aliphatic rings. The molecule has 3 heteroatoms. The Morgan fingerprint density at radius 3 is 2.62 bits per heavy atom. The number of Topliss-reactive ketones (excluding diaryl/α,β-unsaturated/α-hetero) is 1. The topological polar surface area (TPSA) is 35.5 Å². The van der Waals surface area contributed by atoms with Crippen molar-refractivity contribution in [3.05, 3.63) is 35.9 Å². The standard InChI is InChI=1S/C13H14O3/c1-13-8-7-10(14)12(16-13)11(15-13)9-5-3-2-4-6-9/h2-6,11-12H,7-8H2,1H3/t11-,12-,13+/m0/s1. The third kappa shape index (κ3) is 1.47. The van der Waals surface area contributed by atoms with Gasteiger partial charge in [-0.1, -0.05) is 30.3 Å². The lowest BCUT2D eigenvalue weighted by Gasteiger charge is -2.26. The molecule has 0 radical (unpaired) electrons. The van der Waals surface area contributed by atoms with Crippen LogP contribution in [-0.4, -0.2) is 17.7 Å². The van der Waals surface area contributed by atoms with Gasteiger partial charge in [-0.25, -0.2) is 0 Å². The number of hydrogen-bond acceptors (Lipinski definition) is 3. The number of carbonyl (C=O) groups excluding carboxylic acids is 1. The van der Waals surface area contributed by atoms with Gasteiger partial charge in [-0.2, -0.15) is 0 Å². The first-order chi connectivity index (χ1) is 7.68. The van der Waals surface area contributed by atoms with Gasteiger partial charge in [-0.05, 0) is 12.5 Å². The monoisotopic (exact) mass is 218 g/mol. The molecule has 16 heavy (non-hydrogen) atoms. The molecule has 0 aliphatic carbocycles. The zero-order valence-corrected chi connectivity index (χ0v) is 9.18. The first-order valence-corrected chi connectivity index (χ1v) is 5.61. The molecule has 1 aromatic carbocycles. The van der Waals surface area contributed by atoms with Crippen molar-refractivity contribution in [1.82, 2.24) is 0 Å². The number of ether oxygens (including phenoxy) is 2. The Labute approximate surface area is 94.4 Å². The number of carbonyl (C=O) groups is 1. The van der Waals surface area contributed by atoms with Crippen LogP contribution in [0.1, 0.15) is 31.4 Å². The highest BCUT2D eigenvalue weighted by atomic mass is 16.8. The summed E-state index contributed by atoms with van der Waals surface area (Å²) >= 11 is 0. The molecule has 84 valence electrons. The van der Waals surface area contributed by atoms with E-state index in [0.29, 0.717) is 12.8 Å². The average Bonchev–Trinajstić information content (AvgIpc) is 2.60. The van der Waals surface area contributed by atoms with Crippen LogP contribution in [0.3, 0.4) is 0 Å². The number of hydrogen-bond donors (Lipinski definition) is 0. The molecule has 2 bridgehead atoms. The van der Waals surface area contributed by atoms with Crippen molar-refractivity contribution in [3.63, 3.8) is 0 Å². The second kappa shape index (κ2) is 3.40. The molecule has 3 rings (SSSR count). The van der Waals surface area contributed by atoms with Gasteiger partial charge in [0.05, 0.1) is 0 Å². The predicted molar refractivity (Wildman–Crippen MR) is 57.8 cm³/mol. The van der Waals surface area contributed by atoms with Gasteiger partial charge in [-0.15, -0.1) is 0 Å². The highest BCUT2D eigenvalue weighted by molar-refractivity contribution is 5.85. The summed E-state index contributed by atoms with van der Waals surface area (Å²) in [4.78, 5) is 11.8. The molecule has 3 nitrogen and oxygen atoms in total. The zero-order chi connectivity index (χ0) is 11.2. The summed E-state index contributed by atoms with van der Waals surface area (Å²) in [6.07, 6.45) is 0.568. The van der Waals surface area contributed by atoms with Gasteiger partial charge in [0.25, 0.3) is 0 Å². The molecule has 2 heterocycles. The third-order valence-corrected chi connectivity index (χ3v) is 3.30. The fourth-order valence-electron chi connectivity index (χ4n) is 2.42. The Bertz CT molecular complexity index is 414. The maximum absolute atomic E-state index is 11.8. The molecule has 0 unspecified atom stereocenters. The van der Waals surface area contributed by atoms with Crippen molar-refractivity contribution < 1.29 is 14.3 Å². The third-order valence-electron chi connectivity index (χ3n) is 3.30. The smallest absolute Gasteiger partial charge is 0.168 e. The second-order valence-electron chi connectivity index (χ2n) is 4.59. The van der Waals surface area contributed by atoms with Crippen molar-refractivity contribution in [2.75, 3.05) is 0 Å². The molecule has 3 atom stereocenters. The molecule has 0 saturated carbocycles. The van der Waals surface area contributed by atoms with Crippen molar-refractivity contribution in [1.29, 1.82) is 0 Å². The van der Waals surface area contributed by atoms with Crippen molar-refractivity contribution >= 4 is 5.78 Å². The van der Waals surface area contributed by atoms with Crippen molar-refractivity contribution in [3.8, 4) is 0 Å². The number of fused-ring (bicyclic) bond motifs is 2. The quantitative estimate of drug-likeness (QED) is 0.725. The highest BCUT2D eigenvalue weighted by Crippen LogP contribution is 2.44. The van der Waals surface area contributed by atoms with E-state index in [1.54, 1.807) is 0 Å². The zero-order valence-electron chi connectivity index (χ0n) is 9.18. The van der Waals surface area contributed by atoms with Crippen LogP contribution in [0.15, 0.2) is 30.3 Å². The lowest BCUT2D eigenvalue weighted by atomic mass is 9.97. The number of benzene rings is 1. The van der Waals surface area contributed by atoms with E-state index in [2.05, 4.69) is 0 Å². The molecular formula is C13H14O3. The minimum atomic E-state index is -0.570. The van der Waals surface area contributed by atoms with E-state index in [-0.39, 0.29) is 11.9 Å². The molecule has 1 aromatic rings. The Morgan fingerprint density at radius 1 is 1.19 bits per heavy atom. The van der Waals surface area contributed by atoms with E-state index in [1.165, 1.54) is 0 Å². The Kier molecular flexibility index (Phi) is 2.13. The van der Waals surface area contributed by atoms with Crippen LogP contribution in [0, 0.1) is 0 Å². The van der Waals surface area contributed by atoms with Crippen LogP contribution in [-0.2, 0) is 14.3 Å². The van der Waals surface area contributed by atoms with Gasteiger partial charge >= 0.3 is 0 Å². The minimum Gasteiger partial charge on any atom is -0.339 e. The SMILES string of the molecule is C[C@]12CCC(=O)[C@H](O1)[C@H](c1ccccc1)O2. The normalized spacial score (nSPS) is 37.7. The van der Waals surface area contributed by atoms with Gasteiger partial charge in [0.2, 0.25) is 0 Å². The van der Waals surface area contributed by atoms with Crippen LogP contribution in [0.5, 0.6) is 0 Å². The Hall–Kier alpha value is -1.19. The summed E-state index contributed by atoms with van der Waals surface area (Å²) in [5.74, 6) is -0.414. The Morgan fingerprint density at radius 2 is 1.88 bits per heavy atom. The lowest BCUT2D eigenvalue weighted by Crippen LogP contribution is -2.36. The Balaban J connectivity index is 1.95. The second-order valence-corrected chi connectivity index (χ2v) is 4.59. The van der Waals surface area contributed by atoms with Gasteiger partial charge in [0.1, 0.15) is 12.2 Å². The largest absolute Gasteiger partial charge is 0.339 e. The van der Waals surface area contributed by atoms with Crippen LogP contribution in [0.2, 0.25) is 0 Å². The first-order valence-electron chi connectivity index (χ1n) is 5.61. The van der Waals surface area contributed by atoms with E-state index in [9.17, 15) is 4.79 Å². The fraction of sp³-hybridized carbons (Fsp3) is 0.462. The van der Waals surface area contributed by atoms with E-state index >= 15 is 0 Å². The minimum absolute atomic E-state index is 0.156. The maximum atomic E-state index is 11.8. The van der Waals surface area contributed by atoms with Crippen LogP contribution in [0.4, 0.5) is 0 Å². The van der Waals surface area contributed by atoms with E-state index < -0.39 is 11.9 Å². The van der Waals surface area contributed by atoms with E-state index in [4.69, 9.17) is 9.47 Å². The summed E-state index contributed by atoms with van der Waals surface area (Å²) in [5, 5.41) is 0. The molecule has 2 fully saturated rings. The molecular weight excluding hydrogens is 204 g/mol. The van der Waals surface area contributed by atoms with Crippen LogP contribution in [0.25, 0.3) is 0 Å². The molecule has 0 amide bonds. The van der Waals surface area contributed by atoms with Gasteiger partial charge in [0, 0.05) is 12.8 Å². The summed E-state index contributed by atoms with van der Waals surface area (Å²) in [7, 11) is 0. The predicted octanol–water partition coefficient (Wildman–Crippen LogP) is 2.22. The van der Waals surface area contributed by atoms with Gasteiger partial charge in [0.15, 0.2) is 11.6 Å². The number of rotatable bonds is 1. The van der Waals surface area contributed by atoms with Crippen molar-refractivity contribution in [2.45, 2.75) is 37.8 Å². The average molecular weight is 218 g/mol. The van der Waals surface area contributed by atoms with Gasteiger partial charge in [-0.3, -0.25) is 4.79 Å². The maximum Gasteiger partial charge on any atom is 0.168 e. The molecule has 2 saturated heterocycles.